The van der Waals surface area contributed by atoms with Crippen LogP contribution in [0, 0.1) is 10.1 Å². The summed E-state index contributed by atoms with van der Waals surface area (Å²) in [5, 5.41) is 17.8. The van der Waals surface area contributed by atoms with E-state index in [4.69, 9.17) is 11.6 Å². The fraction of sp³-hybridized carbons (Fsp3) is 0.0588. The summed E-state index contributed by atoms with van der Waals surface area (Å²) in [6.45, 7) is -0.117. The largest absolute Gasteiger partial charge is 0.389 e. The summed E-state index contributed by atoms with van der Waals surface area (Å²) in [4.78, 5) is 24.1. The van der Waals surface area contributed by atoms with Crippen LogP contribution in [0.4, 0.5) is 11.5 Å². The molecule has 0 unspecified atom stereocenters. The molecule has 0 atom stereocenters. The molecule has 0 aliphatic rings. The van der Waals surface area contributed by atoms with Crippen molar-refractivity contribution in [1.29, 1.82) is 0 Å². The van der Waals surface area contributed by atoms with Gasteiger partial charge in [0.1, 0.15) is 6.54 Å². The summed E-state index contributed by atoms with van der Waals surface area (Å²) in [5.41, 5.74) is 0.652. The first-order valence-electron chi connectivity index (χ1n) is 7.51. The molecule has 26 heavy (non-hydrogen) atoms. The third-order valence-electron chi connectivity index (χ3n) is 3.32. The zero-order valence-electron chi connectivity index (χ0n) is 13.3. The smallest absolute Gasteiger partial charge is 0.358 e. The quantitative estimate of drug-likeness (QED) is 0.504. The predicted octanol–water partition coefficient (Wildman–Crippen LogP) is 4.23. The predicted molar refractivity (Wildman–Crippen MR) is 99.5 cm³/mol. The molecule has 0 spiro atoms. The highest BCUT2D eigenvalue weighted by molar-refractivity contribution is 7.99. The van der Waals surface area contributed by atoms with Gasteiger partial charge in [0.15, 0.2) is 0 Å². The van der Waals surface area contributed by atoms with Crippen molar-refractivity contribution >= 4 is 40.8 Å². The normalized spacial score (nSPS) is 10.5. The Hall–Kier alpha value is -2.84. The topological polar surface area (TPSA) is 90.1 Å². The van der Waals surface area contributed by atoms with E-state index in [1.807, 2.05) is 30.3 Å². The molecule has 1 aromatic heterocycles. The van der Waals surface area contributed by atoms with Crippen molar-refractivity contribution < 1.29 is 9.72 Å². The molecule has 0 bridgehead atoms. The maximum absolute atomic E-state index is 12.2. The molecule has 1 heterocycles. The SMILES string of the molecule is O=C(Cn1ccc([N+](=O)[O-])n1)Nc1ccccc1Sc1ccc(Cl)cc1. The first kappa shape index (κ1) is 18.0. The van der Waals surface area contributed by atoms with Crippen molar-refractivity contribution in [2.75, 3.05) is 5.32 Å². The molecule has 2 aromatic carbocycles. The number of carbonyl (C=O) groups excluding carboxylic acids is 1. The van der Waals surface area contributed by atoms with Crippen LogP contribution >= 0.6 is 23.4 Å². The zero-order chi connectivity index (χ0) is 18.5. The lowest BCUT2D eigenvalue weighted by Crippen LogP contribution is -2.19. The summed E-state index contributed by atoms with van der Waals surface area (Å²) < 4.78 is 1.22. The average molecular weight is 389 g/mol. The molecule has 7 nitrogen and oxygen atoms in total. The average Bonchev–Trinajstić information content (AvgIpc) is 3.07. The highest BCUT2D eigenvalue weighted by Crippen LogP contribution is 2.33. The fourth-order valence-corrected chi connectivity index (χ4v) is 3.19. The lowest BCUT2D eigenvalue weighted by atomic mass is 10.3. The molecule has 0 aliphatic heterocycles. The molecular formula is C17H13ClN4O3S. The van der Waals surface area contributed by atoms with E-state index in [-0.39, 0.29) is 18.3 Å². The molecule has 1 amide bonds. The monoisotopic (exact) mass is 388 g/mol. The first-order chi connectivity index (χ1) is 12.5. The van der Waals surface area contributed by atoms with Crippen LogP contribution in [-0.2, 0) is 11.3 Å². The van der Waals surface area contributed by atoms with Gasteiger partial charge in [0.25, 0.3) is 0 Å². The van der Waals surface area contributed by atoms with Gasteiger partial charge in [-0.2, -0.15) is 4.68 Å². The second kappa shape index (κ2) is 8.03. The van der Waals surface area contributed by atoms with Crippen LogP contribution in [0.1, 0.15) is 0 Å². The third kappa shape index (κ3) is 4.62. The molecule has 1 N–H and O–H groups in total. The summed E-state index contributed by atoms with van der Waals surface area (Å²) >= 11 is 7.39. The third-order valence-corrected chi connectivity index (χ3v) is 4.66. The standard InChI is InChI=1S/C17H13ClN4O3S/c18-12-5-7-13(8-6-12)26-15-4-2-1-3-14(15)19-17(23)11-21-10-9-16(20-21)22(24)25/h1-10H,11H2,(H,19,23). The number of anilines is 1. The number of benzene rings is 2. The Balaban J connectivity index is 1.69. The Bertz CT molecular complexity index is 943. The van der Waals surface area contributed by atoms with Crippen LogP contribution < -0.4 is 5.32 Å². The molecule has 0 radical (unpaired) electrons. The van der Waals surface area contributed by atoms with Gasteiger partial charge in [0.2, 0.25) is 5.91 Å². The van der Waals surface area contributed by atoms with Crippen LogP contribution in [0.5, 0.6) is 0 Å². The van der Waals surface area contributed by atoms with Gasteiger partial charge in [0, 0.05) is 14.8 Å². The molecule has 0 saturated heterocycles. The number of hydrogen-bond donors (Lipinski definition) is 1. The van der Waals surface area contributed by atoms with Gasteiger partial charge in [-0.05, 0) is 41.3 Å². The van der Waals surface area contributed by atoms with Crippen molar-refractivity contribution in [3.8, 4) is 0 Å². The number of hydrogen-bond acceptors (Lipinski definition) is 5. The minimum Gasteiger partial charge on any atom is -0.358 e. The van der Waals surface area contributed by atoms with Crippen molar-refractivity contribution in [2.45, 2.75) is 16.3 Å². The number of halogens is 1. The van der Waals surface area contributed by atoms with Gasteiger partial charge in [0.05, 0.1) is 23.0 Å². The van der Waals surface area contributed by atoms with Gasteiger partial charge in [-0.25, -0.2) is 0 Å². The minimum atomic E-state index is -0.605. The number of nitrogens with one attached hydrogen (secondary N) is 1. The molecule has 0 aliphatic carbocycles. The molecule has 9 heteroatoms. The Morgan fingerprint density at radius 1 is 1.19 bits per heavy atom. The number of para-hydroxylation sites is 1. The Labute approximate surface area is 158 Å². The van der Waals surface area contributed by atoms with E-state index in [0.717, 1.165) is 9.79 Å². The van der Waals surface area contributed by atoms with Gasteiger partial charge in [-0.3, -0.25) is 4.79 Å². The number of nitro groups is 1. The second-order valence-electron chi connectivity index (χ2n) is 5.23. The van der Waals surface area contributed by atoms with Crippen LogP contribution in [-0.4, -0.2) is 20.6 Å². The molecule has 132 valence electrons. The Morgan fingerprint density at radius 2 is 1.92 bits per heavy atom. The van der Waals surface area contributed by atoms with Crippen molar-refractivity contribution in [3.05, 3.63) is 75.9 Å². The summed E-state index contributed by atoms with van der Waals surface area (Å²) in [7, 11) is 0. The van der Waals surface area contributed by atoms with E-state index in [1.54, 1.807) is 18.2 Å². The number of carbonyl (C=O) groups is 1. The molecular weight excluding hydrogens is 376 g/mol. The minimum absolute atomic E-state index is 0.117. The van der Waals surface area contributed by atoms with Gasteiger partial charge < -0.3 is 15.4 Å². The van der Waals surface area contributed by atoms with E-state index < -0.39 is 4.92 Å². The lowest BCUT2D eigenvalue weighted by Gasteiger charge is -2.10. The van der Waals surface area contributed by atoms with Crippen molar-refractivity contribution in [1.82, 2.24) is 9.78 Å². The number of rotatable bonds is 6. The first-order valence-corrected chi connectivity index (χ1v) is 8.71. The molecule has 0 fully saturated rings. The maximum atomic E-state index is 12.2. The van der Waals surface area contributed by atoms with Gasteiger partial charge >= 0.3 is 5.82 Å². The summed E-state index contributed by atoms with van der Waals surface area (Å²) in [6, 6.07) is 16.0. The van der Waals surface area contributed by atoms with Crippen LogP contribution in [0.2, 0.25) is 5.02 Å². The maximum Gasteiger partial charge on any atom is 0.389 e. The van der Waals surface area contributed by atoms with Crippen LogP contribution in [0.15, 0.2) is 70.6 Å². The van der Waals surface area contributed by atoms with E-state index >= 15 is 0 Å². The van der Waals surface area contributed by atoms with Crippen LogP contribution in [0.25, 0.3) is 0 Å². The van der Waals surface area contributed by atoms with E-state index in [0.29, 0.717) is 10.7 Å². The number of nitrogens with zero attached hydrogens (tertiary/aromatic N) is 3. The van der Waals surface area contributed by atoms with Gasteiger partial charge in [-0.1, -0.05) is 35.5 Å². The van der Waals surface area contributed by atoms with Crippen molar-refractivity contribution in [3.63, 3.8) is 0 Å². The number of amides is 1. The summed E-state index contributed by atoms with van der Waals surface area (Å²) in [5.74, 6) is -0.622. The lowest BCUT2D eigenvalue weighted by molar-refractivity contribution is -0.389. The number of aromatic nitrogens is 2. The zero-order valence-corrected chi connectivity index (χ0v) is 14.9. The fourth-order valence-electron chi connectivity index (χ4n) is 2.16. The van der Waals surface area contributed by atoms with E-state index in [9.17, 15) is 14.9 Å². The van der Waals surface area contributed by atoms with E-state index in [1.165, 1.54) is 28.7 Å². The van der Waals surface area contributed by atoms with Crippen LogP contribution in [0.3, 0.4) is 0 Å². The molecule has 3 aromatic rings. The second-order valence-corrected chi connectivity index (χ2v) is 6.78. The summed E-state index contributed by atoms with van der Waals surface area (Å²) in [6.07, 6.45) is 1.39. The van der Waals surface area contributed by atoms with Gasteiger partial charge in [-0.15, -0.1) is 0 Å². The van der Waals surface area contributed by atoms with E-state index in [2.05, 4.69) is 10.4 Å². The Morgan fingerprint density at radius 3 is 2.62 bits per heavy atom. The molecule has 3 rings (SSSR count). The van der Waals surface area contributed by atoms with Crippen molar-refractivity contribution in [2.24, 2.45) is 0 Å². The molecule has 0 saturated carbocycles. The Kier molecular flexibility index (Phi) is 5.55. The highest BCUT2D eigenvalue weighted by Gasteiger charge is 2.14. The highest BCUT2D eigenvalue weighted by atomic mass is 35.5.